The molecule has 0 unspecified atom stereocenters. The molecule has 0 fully saturated rings. The number of fused-ring (bicyclic) bond motifs is 3. The van der Waals surface area contributed by atoms with Crippen molar-refractivity contribution in [3.05, 3.63) is 55.6 Å². The third-order valence-electron chi connectivity index (χ3n) is 4.77. The van der Waals surface area contributed by atoms with Gasteiger partial charge in [0, 0.05) is 23.3 Å². The minimum atomic E-state index is -4.24. The van der Waals surface area contributed by atoms with Gasteiger partial charge in [0.05, 0.1) is 36.5 Å². The van der Waals surface area contributed by atoms with Crippen LogP contribution in [-0.2, 0) is 20.0 Å². The lowest BCUT2D eigenvalue weighted by molar-refractivity contribution is -0.386. The summed E-state index contributed by atoms with van der Waals surface area (Å²) in [7, 11) is -6.36. The van der Waals surface area contributed by atoms with E-state index in [1.807, 2.05) is 14.9 Å². The predicted octanol–water partition coefficient (Wildman–Crippen LogP) is -0.280. The number of benzene rings is 2. The maximum atomic E-state index is 12.4. The summed E-state index contributed by atoms with van der Waals surface area (Å²) in [6.07, 6.45) is 0. The molecule has 0 atom stereocenters. The number of rotatable bonds is 7. The minimum absolute atomic E-state index is 0.283. The van der Waals surface area contributed by atoms with Crippen molar-refractivity contribution < 1.29 is 31.5 Å². The lowest BCUT2D eigenvalue weighted by atomic mass is 10.0. The first-order chi connectivity index (χ1) is 15.7. The first-order valence-corrected chi connectivity index (χ1v) is 11.9. The van der Waals surface area contributed by atoms with E-state index in [9.17, 15) is 41.9 Å². The molecule has 0 aliphatic heterocycles. The van der Waals surface area contributed by atoms with Crippen molar-refractivity contribution >= 4 is 43.2 Å². The van der Waals surface area contributed by atoms with Crippen LogP contribution in [0.15, 0.2) is 39.2 Å². The number of nitrogens with one attached hydrogen (secondary N) is 3. The van der Waals surface area contributed by atoms with Crippen molar-refractivity contribution in [3.8, 4) is 11.1 Å². The van der Waals surface area contributed by atoms with Crippen molar-refractivity contribution in [3.63, 3.8) is 0 Å². The van der Waals surface area contributed by atoms with Crippen LogP contribution in [-0.4, -0.2) is 52.5 Å². The van der Waals surface area contributed by atoms with Crippen LogP contribution in [0.1, 0.15) is 11.1 Å². The number of hydrogen-bond donors (Lipinski definition) is 4. The average Bonchev–Trinajstić information content (AvgIpc) is 3.09. The molecule has 2 amide bonds. The van der Waals surface area contributed by atoms with E-state index >= 15 is 0 Å². The lowest BCUT2D eigenvalue weighted by Crippen LogP contribution is -2.26. The van der Waals surface area contributed by atoms with Crippen LogP contribution >= 0.6 is 0 Å². The Bertz CT molecular complexity index is 1410. The van der Waals surface area contributed by atoms with Gasteiger partial charge in [-0.05, 0) is 26.2 Å². The number of amides is 2. The molecule has 180 valence electrons. The van der Waals surface area contributed by atoms with E-state index in [2.05, 4.69) is 5.10 Å². The van der Waals surface area contributed by atoms with Crippen LogP contribution < -0.4 is 20.6 Å². The fraction of sp³-hybridized carbons (Fsp3) is 0.125. The van der Waals surface area contributed by atoms with Gasteiger partial charge in [0.15, 0.2) is 0 Å². The van der Waals surface area contributed by atoms with Crippen molar-refractivity contribution in [2.24, 2.45) is 10.8 Å². The van der Waals surface area contributed by atoms with Gasteiger partial charge in [0.25, 0.3) is 11.4 Å². The van der Waals surface area contributed by atoms with Crippen LogP contribution in [0.2, 0.25) is 0 Å². The molecule has 0 aromatic heterocycles. The number of urea groups is 1. The van der Waals surface area contributed by atoms with Crippen molar-refractivity contribution in [2.75, 3.05) is 14.1 Å². The smallest absolute Gasteiger partial charge is 0.332 e. The summed E-state index contributed by atoms with van der Waals surface area (Å²) in [5.74, 6) is 0. The Hall–Kier alpha value is -4.00. The zero-order valence-electron chi connectivity index (χ0n) is 17.2. The molecule has 0 heterocycles. The van der Waals surface area contributed by atoms with E-state index in [4.69, 9.17) is 5.73 Å². The van der Waals surface area contributed by atoms with Crippen LogP contribution in [0.25, 0.3) is 11.1 Å². The monoisotopic (exact) mass is 513 g/mol. The van der Waals surface area contributed by atoms with Gasteiger partial charge < -0.3 is 5.73 Å². The molecule has 16 nitrogen and oxygen atoms in total. The van der Waals surface area contributed by atoms with Gasteiger partial charge in [-0.3, -0.25) is 20.2 Å². The SMILES string of the molecule is CNS(=O)(=O)c1cc2c(c([N+](=O)[O-])c1)-c1c(cc(S(=O)(=O)NC)cc1[N+](=O)[O-])C2=NNC(N)=O. The highest BCUT2D eigenvalue weighted by Gasteiger charge is 2.40. The number of nitrogens with zero attached hydrogens (tertiary/aromatic N) is 3. The maximum absolute atomic E-state index is 12.4. The number of nitro groups is 2. The topological polar surface area (TPSA) is 246 Å². The van der Waals surface area contributed by atoms with Gasteiger partial charge in [-0.25, -0.2) is 36.5 Å². The molecule has 34 heavy (non-hydrogen) atoms. The molecule has 2 aromatic rings. The van der Waals surface area contributed by atoms with Gasteiger partial charge in [-0.1, -0.05) is 0 Å². The minimum Gasteiger partial charge on any atom is -0.350 e. The van der Waals surface area contributed by atoms with Crippen LogP contribution in [0.5, 0.6) is 0 Å². The number of nitro benzene ring substituents is 2. The molecule has 5 N–H and O–H groups in total. The number of hydrogen-bond acceptors (Lipinski definition) is 10. The van der Waals surface area contributed by atoms with Gasteiger partial charge in [0.1, 0.15) is 0 Å². The molecule has 18 heteroatoms. The van der Waals surface area contributed by atoms with Crippen LogP contribution in [0.4, 0.5) is 16.2 Å². The highest BCUT2D eigenvalue weighted by atomic mass is 32.2. The van der Waals surface area contributed by atoms with Crippen molar-refractivity contribution in [1.82, 2.24) is 14.9 Å². The Kier molecular flexibility index (Phi) is 6.09. The maximum Gasteiger partial charge on any atom is 0.332 e. The number of carbonyl (C=O) groups excluding carboxylic acids is 1. The molecule has 2 aromatic carbocycles. The Morgan fingerprint density at radius 3 is 1.53 bits per heavy atom. The summed E-state index contributed by atoms with van der Waals surface area (Å²) in [4.78, 5) is 31.9. The number of hydrazone groups is 1. The number of carbonyl (C=O) groups is 1. The molecule has 0 saturated heterocycles. The fourth-order valence-corrected chi connectivity index (χ4v) is 4.86. The Morgan fingerprint density at radius 1 is 0.853 bits per heavy atom. The first kappa shape index (κ1) is 24.6. The highest BCUT2D eigenvalue weighted by Crippen LogP contribution is 2.49. The Morgan fingerprint density at radius 2 is 1.24 bits per heavy atom. The standard InChI is InChI=1S/C16H15N7O9S2/c1-18-33(29,30)7-3-9-13(11(5-7)22(25)26)14-10(15(9)20-21-16(17)24)4-8(34(31,32)19-2)6-12(14)23(27)28/h3-6,18-19H,1-2H3,(H3,17,21,24). The van der Waals surface area contributed by atoms with E-state index in [1.54, 1.807) is 0 Å². The highest BCUT2D eigenvalue weighted by molar-refractivity contribution is 7.89. The fourth-order valence-electron chi connectivity index (χ4n) is 3.31. The molecule has 0 radical (unpaired) electrons. The average molecular weight is 513 g/mol. The largest absolute Gasteiger partial charge is 0.350 e. The van der Waals surface area contributed by atoms with Crippen LogP contribution in [0, 0.1) is 20.2 Å². The summed E-state index contributed by atoms with van der Waals surface area (Å²) in [6.45, 7) is 0. The molecular formula is C16H15N7O9S2. The van der Waals surface area contributed by atoms with Crippen LogP contribution in [0.3, 0.4) is 0 Å². The summed E-state index contributed by atoms with van der Waals surface area (Å²) in [6, 6.07) is 2.11. The number of nitrogens with two attached hydrogens (primary N) is 1. The van der Waals surface area contributed by atoms with E-state index in [0.717, 1.165) is 26.2 Å². The predicted molar refractivity (Wildman–Crippen MR) is 116 cm³/mol. The van der Waals surface area contributed by atoms with E-state index < -0.39 is 57.1 Å². The summed E-state index contributed by atoms with van der Waals surface area (Å²) in [5, 5.41) is 27.4. The van der Waals surface area contributed by atoms with Gasteiger partial charge in [-0.2, -0.15) is 5.10 Å². The second kappa shape index (κ2) is 8.41. The molecule has 0 bridgehead atoms. The van der Waals surface area contributed by atoms with Gasteiger partial charge >= 0.3 is 6.03 Å². The van der Waals surface area contributed by atoms with E-state index in [1.165, 1.54) is 0 Å². The van der Waals surface area contributed by atoms with E-state index in [-0.39, 0.29) is 28.0 Å². The van der Waals surface area contributed by atoms with Crippen molar-refractivity contribution in [1.29, 1.82) is 0 Å². The zero-order chi connectivity index (χ0) is 25.6. The summed E-state index contributed by atoms with van der Waals surface area (Å²) >= 11 is 0. The Balaban J connectivity index is 2.58. The normalized spacial score (nSPS) is 12.6. The second-order valence-corrected chi connectivity index (χ2v) is 10.4. The molecule has 3 rings (SSSR count). The molecular weight excluding hydrogens is 498 g/mol. The third-order valence-corrected chi connectivity index (χ3v) is 7.56. The zero-order valence-corrected chi connectivity index (χ0v) is 18.9. The van der Waals surface area contributed by atoms with Crippen molar-refractivity contribution in [2.45, 2.75) is 9.79 Å². The van der Waals surface area contributed by atoms with E-state index in [0.29, 0.717) is 12.1 Å². The molecule has 1 aliphatic carbocycles. The first-order valence-electron chi connectivity index (χ1n) is 8.91. The number of sulfonamides is 2. The van der Waals surface area contributed by atoms with Gasteiger partial charge in [-0.15, -0.1) is 0 Å². The molecule has 0 spiro atoms. The molecule has 1 aliphatic rings. The Labute approximate surface area is 191 Å². The number of primary amides is 1. The second-order valence-electron chi connectivity index (χ2n) is 6.60. The quantitative estimate of drug-likeness (QED) is 0.239. The summed E-state index contributed by atoms with van der Waals surface area (Å²) in [5.41, 5.74) is 3.51. The third kappa shape index (κ3) is 4.05. The van der Waals surface area contributed by atoms with Gasteiger partial charge in [0.2, 0.25) is 20.0 Å². The lowest BCUT2D eigenvalue weighted by Gasteiger charge is -2.08. The molecule has 0 saturated carbocycles. The summed E-state index contributed by atoms with van der Waals surface area (Å²) < 4.78 is 53.4.